The van der Waals surface area contributed by atoms with Gasteiger partial charge in [0.15, 0.2) is 5.82 Å². The van der Waals surface area contributed by atoms with E-state index in [0.717, 1.165) is 38.1 Å². The molecule has 1 aromatic heterocycles. The molecule has 1 aromatic carbocycles. The molecule has 0 N–H and O–H groups in total. The molecular formula is C22H30FN5O4S. The second-order valence-corrected chi connectivity index (χ2v) is 10.7. The minimum absolute atomic E-state index is 0.0915. The van der Waals surface area contributed by atoms with Gasteiger partial charge in [-0.1, -0.05) is 12.1 Å². The van der Waals surface area contributed by atoms with E-state index in [0.29, 0.717) is 63.2 Å². The molecule has 2 aliphatic heterocycles. The summed E-state index contributed by atoms with van der Waals surface area (Å²) >= 11 is 0. The van der Waals surface area contributed by atoms with Crippen molar-refractivity contribution < 1.29 is 22.1 Å². The number of piperazine rings is 1. The van der Waals surface area contributed by atoms with Crippen LogP contribution in [0.5, 0.6) is 0 Å². The van der Waals surface area contributed by atoms with Crippen LogP contribution >= 0.6 is 0 Å². The van der Waals surface area contributed by atoms with Crippen LogP contribution < -0.4 is 0 Å². The zero-order valence-corrected chi connectivity index (χ0v) is 19.6. The Hall–Kier alpha value is -2.37. The van der Waals surface area contributed by atoms with Crippen LogP contribution in [0.4, 0.5) is 4.39 Å². The van der Waals surface area contributed by atoms with Gasteiger partial charge >= 0.3 is 0 Å². The van der Waals surface area contributed by atoms with E-state index in [4.69, 9.17) is 4.52 Å². The number of carbonyl (C=O) groups excluding carboxylic acids is 1. The first-order chi connectivity index (χ1) is 15.8. The lowest BCUT2D eigenvalue weighted by Gasteiger charge is -2.33. The van der Waals surface area contributed by atoms with Crippen LogP contribution in [0, 0.1) is 11.7 Å². The molecule has 0 saturated carbocycles. The minimum atomic E-state index is -3.64. The van der Waals surface area contributed by atoms with Gasteiger partial charge in [0, 0.05) is 52.1 Å². The lowest BCUT2D eigenvalue weighted by Crippen LogP contribution is -2.48. The van der Waals surface area contributed by atoms with Crippen LogP contribution in [0.3, 0.4) is 0 Å². The first kappa shape index (κ1) is 23.8. The molecule has 0 aliphatic carbocycles. The van der Waals surface area contributed by atoms with E-state index in [1.807, 2.05) is 4.90 Å². The summed E-state index contributed by atoms with van der Waals surface area (Å²) in [4.78, 5) is 20.9. The van der Waals surface area contributed by atoms with Gasteiger partial charge in [0.25, 0.3) is 0 Å². The number of likely N-dealkylation sites (tertiary alicyclic amines) is 1. The largest absolute Gasteiger partial charge is 0.343 e. The molecule has 2 saturated heterocycles. The number of benzene rings is 1. The summed E-state index contributed by atoms with van der Waals surface area (Å²) in [6, 6.07) is 4.87. The summed E-state index contributed by atoms with van der Waals surface area (Å²) in [6.45, 7) is 6.00. The minimum Gasteiger partial charge on any atom is -0.343 e. The fourth-order valence-electron chi connectivity index (χ4n) is 4.17. The van der Waals surface area contributed by atoms with E-state index in [9.17, 15) is 17.6 Å². The summed E-state index contributed by atoms with van der Waals surface area (Å²) in [5.74, 6) is 1.31. The molecule has 0 unspecified atom stereocenters. The molecule has 180 valence electrons. The predicted octanol–water partition coefficient (Wildman–Crippen LogP) is 1.91. The molecule has 9 nitrogen and oxygen atoms in total. The maximum atomic E-state index is 13.1. The second-order valence-electron chi connectivity index (χ2n) is 8.80. The van der Waals surface area contributed by atoms with E-state index in [1.54, 1.807) is 0 Å². The van der Waals surface area contributed by atoms with Crippen LogP contribution in [0.1, 0.15) is 37.9 Å². The zero-order chi connectivity index (χ0) is 23.4. The maximum absolute atomic E-state index is 13.1. The van der Waals surface area contributed by atoms with Gasteiger partial charge in [0.2, 0.25) is 21.8 Å². The third-order valence-corrected chi connectivity index (χ3v) is 8.26. The summed E-state index contributed by atoms with van der Waals surface area (Å²) in [5.41, 5.74) is 0. The molecule has 2 fully saturated rings. The van der Waals surface area contributed by atoms with Gasteiger partial charge < -0.3 is 9.42 Å². The molecule has 1 amide bonds. The van der Waals surface area contributed by atoms with Crippen molar-refractivity contribution in [1.29, 1.82) is 0 Å². The van der Waals surface area contributed by atoms with Crippen molar-refractivity contribution in [2.24, 2.45) is 5.92 Å². The van der Waals surface area contributed by atoms with E-state index < -0.39 is 15.8 Å². The number of halogens is 1. The van der Waals surface area contributed by atoms with Crippen molar-refractivity contribution in [2.75, 3.05) is 39.3 Å². The van der Waals surface area contributed by atoms with Crippen molar-refractivity contribution in [3.8, 4) is 0 Å². The number of hydrogen-bond donors (Lipinski definition) is 0. The van der Waals surface area contributed by atoms with Crippen molar-refractivity contribution >= 4 is 15.9 Å². The van der Waals surface area contributed by atoms with Crippen molar-refractivity contribution in [3.05, 3.63) is 41.8 Å². The normalized spacial score (nSPS) is 19.2. The molecule has 0 radical (unpaired) electrons. The van der Waals surface area contributed by atoms with E-state index in [1.165, 1.54) is 16.4 Å². The first-order valence-corrected chi connectivity index (χ1v) is 12.8. The Morgan fingerprint density at radius 1 is 1.09 bits per heavy atom. The molecule has 0 spiro atoms. The summed E-state index contributed by atoms with van der Waals surface area (Å²) in [6.07, 6.45) is 2.88. The number of amides is 1. The number of aryl methyl sites for hydroxylation is 1. The van der Waals surface area contributed by atoms with Crippen LogP contribution in [0.15, 0.2) is 33.7 Å². The number of nitrogens with zero attached hydrogens (tertiary/aromatic N) is 5. The van der Waals surface area contributed by atoms with Crippen molar-refractivity contribution in [1.82, 2.24) is 24.2 Å². The van der Waals surface area contributed by atoms with E-state index in [-0.39, 0.29) is 10.8 Å². The maximum Gasteiger partial charge on any atom is 0.243 e. The van der Waals surface area contributed by atoms with E-state index in [2.05, 4.69) is 22.0 Å². The highest BCUT2D eigenvalue weighted by Gasteiger charge is 2.29. The number of piperidine rings is 1. The van der Waals surface area contributed by atoms with Gasteiger partial charge in [-0.2, -0.15) is 9.29 Å². The fourth-order valence-corrected chi connectivity index (χ4v) is 5.59. The number of carbonyl (C=O) groups is 1. The Kier molecular flexibility index (Phi) is 7.40. The second kappa shape index (κ2) is 10.3. The average Bonchev–Trinajstić information content (AvgIpc) is 3.26. The highest BCUT2D eigenvalue weighted by atomic mass is 32.2. The van der Waals surface area contributed by atoms with Gasteiger partial charge in [-0.25, -0.2) is 12.8 Å². The molecule has 2 aliphatic rings. The SMILES string of the molecule is CC1CCN(C(=O)CCc2nc(CN3CCN(S(=O)(=O)c4ccc(F)cc4)CC3)no2)CC1. The average molecular weight is 480 g/mol. The number of aromatic nitrogens is 2. The van der Waals surface area contributed by atoms with Gasteiger partial charge in [0.05, 0.1) is 11.4 Å². The Balaban J connectivity index is 1.23. The van der Waals surface area contributed by atoms with Crippen LogP contribution in [0.25, 0.3) is 0 Å². The number of rotatable bonds is 7. The summed E-state index contributed by atoms with van der Waals surface area (Å²) in [7, 11) is -3.64. The molecule has 33 heavy (non-hydrogen) atoms. The molecular weight excluding hydrogens is 449 g/mol. The van der Waals surface area contributed by atoms with Gasteiger partial charge in [-0.05, 0) is 43.0 Å². The molecule has 0 bridgehead atoms. The third kappa shape index (κ3) is 5.96. The summed E-state index contributed by atoms with van der Waals surface area (Å²) in [5, 5.41) is 4.01. The standard InChI is InChI=1S/C22H30FN5O4S/c1-17-8-10-27(11-9-17)22(29)7-6-21-24-20(25-32-21)16-26-12-14-28(15-13-26)33(30,31)19-4-2-18(23)3-5-19/h2-5,17H,6-16H2,1H3. The lowest BCUT2D eigenvalue weighted by atomic mass is 9.99. The van der Waals surface area contributed by atoms with Crippen molar-refractivity contribution in [3.63, 3.8) is 0 Å². The molecule has 11 heteroatoms. The first-order valence-electron chi connectivity index (χ1n) is 11.4. The molecule has 3 heterocycles. The van der Waals surface area contributed by atoms with Gasteiger partial charge in [-0.3, -0.25) is 9.69 Å². The highest BCUT2D eigenvalue weighted by molar-refractivity contribution is 7.89. The lowest BCUT2D eigenvalue weighted by molar-refractivity contribution is -0.132. The Bertz CT molecular complexity index is 1040. The molecule has 2 aromatic rings. The number of hydrogen-bond acceptors (Lipinski definition) is 7. The van der Waals surface area contributed by atoms with Gasteiger partial charge in [0.1, 0.15) is 5.82 Å². The predicted molar refractivity (Wildman–Crippen MR) is 118 cm³/mol. The fraction of sp³-hybridized carbons (Fsp3) is 0.591. The van der Waals surface area contributed by atoms with E-state index >= 15 is 0 Å². The highest BCUT2D eigenvalue weighted by Crippen LogP contribution is 2.19. The topological polar surface area (TPSA) is 99.9 Å². The monoisotopic (exact) mass is 479 g/mol. The molecule has 0 atom stereocenters. The van der Waals surface area contributed by atoms with Gasteiger partial charge in [-0.15, -0.1) is 0 Å². The molecule has 4 rings (SSSR count). The quantitative estimate of drug-likeness (QED) is 0.598. The summed E-state index contributed by atoms with van der Waals surface area (Å²) < 4.78 is 45.3. The zero-order valence-electron chi connectivity index (χ0n) is 18.8. The van der Waals surface area contributed by atoms with Crippen molar-refractivity contribution in [2.45, 2.75) is 44.0 Å². The number of sulfonamides is 1. The smallest absolute Gasteiger partial charge is 0.243 e. The third-order valence-electron chi connectivity index (χ3n) is 6.35. The Morgan fingerprint density at radius 3 is 2.42 bits per heavy atom. The van der Waals surface area contributed by atoms with Crippen LogP contribution in [-0.4, -0.2) is 77.8 Å². The Labute approximate surface area is 193 Å². The van der Waals surface area contributed by atoms with Crippen LogP contribution in [-0.2, 0) is 27.8 Å². The Morgan fingerprint density at radius 2 is 1.76 bits per heavy atom. The van der Waals surface area contributed by atoms with Crippen LogP contribution in [0.2, 0.25) is 0 Å².